The van der Waals surface area contributed by atoms with Gasteiger partial charge >= 0.3 is 0 Å². The summed E-state index contributed by atoms with van der Waals surface area (Å²) in [6.45, 7) is 6.84. The number of amides is 1. The van der Waals surface area contributed by atoms with E-state index in [1.807, 2.05) is 13.8 Å². The van der Waals surface area contributed by atoms with Crippen LogP contribution in [0.15, 0.2) is 12.1 Å². The number of hydrogen-bond acceptors (Lipinski definition) is 3. The molecule has 1 N–H and O–H groups in total. The molecule has 0 atom stereocenters. The molecule has 0 aliphatic carbocycles. The largest absolute Gasteiger partial charge is 0.618 e. The number of carbonyl (C=O) groups excluding carboxylic acids is 1. The van der Waals surface area contributed by atoms with Gasteiger partial charge in [0.05, 0.1) is 7.11 Å². The van der Waals surface area contributed by atoms with Gasteiger partial charge in [-0.05, 0) is 36.1 Å². The number of benzene rings is 1. The van der Waals surface area contributed by atoms with Crippen molar-refractivity contribution < 1.29 is 18.7 Å². The van der Waals surface area contributed by atoms with Gasteiger partial charge in [0, 0.05) is 19.5 Å². The fourth-order valence-corrected chi connectivity index (χ4v) is 3.43. The molecular formula is C19H22ClFN2O3. The van der Waals surface area contributed by atoms with Crippen molar-refractivity contribution in [2.24, 2.45) is 0 Å². The van der Waals surface area contributed by atoms with E-state index in [-0.39, 0.29) is 33.5 Å². The van der Waals surface area contributed by atoms with Crippen molar-refractivity contribution in [3.63, 3.8) is 0 Å². The Morgan fingerprint density at radius 2 is 1.77 bits per heavy atom. The Kier molecular flexibility index (Phi) is 6.08. The van der Waals surface area contributed by atoms with Crippen molar-refractivity contribution >= 4 is 23.2 Å². The number of pyridine rings is 1. The van der Waals surface area contributed by atoms with Gasteiger partial charge in [-0.25, -0.2) is 4.39 Å². The maximum atomic E-state index is 13.8. The van der Waals surface area contributed by atoms with Crippen molar-refractivity contribution in [1.29, 1.82) is 0 Å². The average molecular weight is 381 g/mol. The Bertz CT molecular complexity index is 844. The van der Waals surface area contributed by atoms with E-state index in [1.54, 1.807) is 6.92 Å². The summed E-state index contributed by atoms with van der Waals surface area (Å²) < 4.78 is 19.6. The van der Waals surface area contributed by atoms with Crippen LogP contribution in [-0.4, -0.2) is 13.0 Å². The molecule has 1 heterocycles. The second kappa shape index (κ2) is 7.91. The zero-order chi connectivity index (χ0) is 19.6. The molecule has 0 fully saturated rings. The highest BCUT2D eigenvalue weighted by Crippen LogP contribution is 2.32. The van der Waals surface area contributed by atoms with E-state index < -0.39 is 5.91 Å². The lowest BCUT2D eigenvalue weighted by molar-refractivity contribution is -0.619. The number of anilines is 1. The average Bonchev–Trinajstić information content (AvgIpc) is 2.61. The molecule has 1 aromatic heterocycles. The topological polar surface area (TPSA) is 65.3 Å². The number of hydrogen-bond donors (Lipinski definition) is 1. The minimum atomic E-state index is -0.536. The van der Waals surface area contributed by atoms with Crippen LogP contribution in [0.25, 0.3) is 0 Å². The SMILES string of the molecule is CCc1cc(F)cc(CC)c1NC(=O)c1c(Cl)c(OC)c(C)[n+]([O-])c1C. The zero-order valence-corrected chi connectivity index (χ0v) is 16.3. The van der Waals surface area contributed by atoms with Crippen LogP contribution in [0.2, 0.25) is 5.02 Å². The smallest absolute Gasteiger partial charge is 0.263 e. The molecule has 0 saturated heterocycles. The lowest BCUT2D eigenvalue weighted by Gasteiger charge is -2.18. The lowest BCUT2D eigenvalue weighted by Crippen LogP contribution is -2.37. The summed E-state index contributed by atoms with van der Waals surface area (Å²) in [5, 5.41) is 15.2. The van der Waals surface area contributed by atoms with Crippen LogP contribution in [0.1, 0.15) is 46.7 Å². The van der Waals surface area contributed by atoms with Gasteiger partial charge in [-0.3, -0.25) is 4.79 Å². The van der Waals surface area contributed by atoms with Gasteiger partial charge in [0.15, 0.2) is 0 Å². The van der Waals surface area contributed by atoms with Crippen molar-refractivity contribution in [3.05, 3.63) is 56.3 Å². The van der Waals surface area contributed by atoms with E-state index in [0.717, 1.165) is 0 Å². The maximum absolute atomic E-state index is 13.8. The Morgan fingerprint density at radius 3 is 2.23 bits per heavy atom. The molecule has 0 radical (unpaired) electrons. The van der Waals surface area contributed by atoms with Gasteiger partial charge in [0.2, 0.25) is 17.1 Å². The molecule has 0 unspecified atom stereocenters. The molecule has 0 saturated carbocycles. The van der Waals surface area contributed by atoms with Crippen LogP contribution in [0.5, 0.6) is 5.75 Å². The Balaban J connectivity index is 2.58. The van der Waals surface area contributed by atoms with Crippen molar-refractivity contribution in [1.82, 2.24) is 0 Å². The number of methoxy groups -OCH3 is 1. The maximum Gasteiger partial charge on any atom is 0.263 e. The predicted molar refractivity (Wildman–Crippen MR) is 99.5 cm³/mol. The summed E-state index contributed by atoms with van der Waals surface area (Å²) in [7, 11) is 1.38. The first-order chi connectivity index (χ1) is 12.3. The Morgan fingerprint density at radius 1 is 1.23 bits per heavy atom. The predicted octanol–water partition coefficient (Wildman–Crippen LogP) is 4.12. The number of aryl methyl sites for hydroxylation is 2. The minimum absolute atomic E-state index is 0.0394. The molecule has 1 aromatic carbocycles. The summed E-state index contributed by atoms with van der Waals surface area (Å²) in [4.78, 5) is 12.9. The standard InChI is InChI=1S/C19H22ClFN2O3/c1-6-12-8-14(21)9-13(7-2)17(12)22-19(24)15-10(3)23(25)11(4)18(26-5)16(15)20/h8-9H,6-7H2,1-5H3,(H,22,24). The van der Waals surface area contributed by atoms with Gasteiger partial charge in [-0.2, -0.15) is 4.73 Å². The van der Waals surface area contributed by atoms with Gasteiger partial charge in [-0.1, -0.05) is 25.4 Å². The van der Waals surface area contributed by atoms with Gasteiger partial charge in [-0.15, -0.1) is 0 Å². The summed E-state index contributed by atoms with van der Waals surface area (Å²) in [6, 6.07) is 2.79. The highest BCUT2D eigenvalue weighted by atomic mass is 35.5. The summed E-state index contributed by atoms with van der Waals surface area (Å²) in [6.07, 6.45) is 1.09. The van der Waals surface area contributed by atoms with E-state index in [9.17, 15) is 14.4 Å². The Hall–Kier alpha value is -2.34. The molecular weight excluding hydrogens is 359 g/mol. The third-order valence-electron chi connectivity index (χ3n) is 4.42. The molecule has 1 amide bonds. The molecule has 26 heavy (non-hydrogen) atoms. The van der Waals surface area contributed by atoms with E-state index in [1.165, 1.54) is 26.2 Å². The van der Waals surface area contributed by atoms with Crippen LogP contribution < -0.4 is 14.8 Å². The summed E-state index contributed by atoms with van der Waals surface area (Å²) in [5.41, 5.74) is 2.39. The second-order valence-electron chi connectivity index (χ2n) is 5.95. The monoisotopic (exact) mass is 380 g/mol. The number of halogens is 2. The number of nitrogens with one attached hydrogen (secondary N) is 1. The number of ether oxygens (including phenoxy) is 1. The molecule has 0 aliphatic heterocycles. The van der Waals surface area contributed by atoms with Crippen molar-refractivity contribution in [3.8, 4) is 5.75 Å². The van der Waals surface area contributed by atoms with Crippen LogP contribution in [-0.2, 0) is 12.8 Å². The second-order valence-corrected chi connectivity index (χ2v) is 6.33. The van der Waals surface area contributed by atoms with E-state index in [0.29, 0.717) is 34.4 Å². The molecule has 2 aromatic rings. The van der Waals surface area contributed by atoms with Crippen LogP contribution in [0.4, 0.5) is 10.1 Å². The number of carbonyl (C=O) groups is 1. The highest BCUT2D eigenvalue weighted by Gasteiger charge is 2.28. The summed E-state index contributed by atoms with van der Waals surface area (Å²) >= 11 is 6.33. The van der Waals surface area contributed by atoms with Gasteiger partial charge in [0.25, 0.3) is 5.91 Å². The molecule has 7 heteroatoms. The lowest BCUT2D eigenvalue weighted by atomic mass is 10.0. The van der Waals surface area contributed by atoms with Crippen LogP contribution >= 0.6 is 11.6 Å². The van der Waals surface area contributed by atoms with Gasteiger partial charge < -0.3 is 15.3 Å². The molecule has 140 valence electrons. The molecule has 0 bridgehead atoms. The van der Waals surface area contributed by atoms with Crippen LogP contribution in [0, 0.1) is 24.9 Å². The third-order valence-corrected chi connectivity index (χ3v) is 4.78. The third kappa shape index (κ3) is 3.46. The van der Waals surface area contributed by atoms with E-state index >= 15 is 0 Å². The van der Waals surface area contributed by atoms with E-state index in [4.69, 9.17) is 16.3 Å². The molecule has 0 spiro atoms. The number of aromatic nitrogens is 1. The highest BCUT2D eigenvalue weighted by molar-refractivity contribution is 6.36. The summed E-state index contributed by atoms with van der Waals surface area (Å²) in [5.74, 6) is -0.727. The molecule has 2 rings (SSSR count). The number of nitrogens with zero attached hydrogens (tertiary/aromatic N) is 1. The first kappa shape index (κ1) is 20.0. The zero-order valence-electron chi connectivity index (χ0n) is 15.5. The van der Waals surface area contributed by atoms with Crippen molar-refractivity contribution in [2.75, 3.05) is 12.4 Å². The molecule has 5 nitrogen and oxygen atoms in total. The van der Waals surface area contributed by atoms with Gasteiger partial charge in [0.1, 0.15) is 16.4 Å². The number of rotatable bonds is 5. The quantitative estimate of drug-likeness (QED) is 0.627. The first-order valence-electron chi connectivity index (χ1n) is 8.35. The normalized spacial score (nSPS) is 10.7. The minimum Gasteiger partial charge on any atom is -0.618 e. The first-order valence-corrected chi connectivity index (χ1v) is 8.73. The van der Waals surface area contributed by atoms with Crippen molar-refractivity contribution in [2.45, 2.75) is 40.5 Å². The van der Waals surface area contributed by atoms with E-state index in [2.05, 4.69) is 5.32 Å². The molecule has 0 aliphatic rings. The van der Waals surface area contributed by atoms with Crippen LogP contribution in [0.3, 0.4) is 0 Å². The Labute approximate surface area is 157 Å². The fraction of sp³-hybridized carbons (Fsp3) is 0.368. The fourth-order valence-electron chi connectivity index (χ4n) is 3.00.